The standard InChI is InChI=1S/2C26H22F7N3O6S/c2*1-40-22-9-16(14-2-3-19(27)18(8-14)26(31,32)33)17(25(28,29)30)10-21(22)36-20-4-6-35(11-23(20)41-12-24(36)37)43(38,39)13-15-5-7-42-34-15/h2*2-3,5,7-10,20,23H,4,6,11-13H2,1H3/t2*20-,23-/m10/s1. The molecule has 4 saturated heterocycles. The highest BCUT2D eigenvalue weighted by molar-refractivity contribution is 7.88. The van der Waals surface area contributed by atoms with Crippen molar-refractivity contribution >= 4 is 43.2 Å². The number of halogens is 14. The molecule has 0 spiro atoms. The van der Waals surface area contributed by atoms with Crippen molar-refractivity contribution in [2.45, 2.75) is 73.3 Å². The predicted molar refractivity (Wildman–Crippen MR) is 269 cm³/mol. The summed E-state index contributed by atoms with van der Waals surface area (Å²) < 4.78 is 279. The van der Waals surface area contributed by atoms with E-state index in [-0.39, 0.29) is 85.4 Å². The van der Waals surface area contributed by atoms with E-state index in [1.165, 1.54) is 24.7 Å². The van der Waals surface area contributed by atoms with E-state index in [0.717, 1.165) is 56.9 Å². The molecule has 0 radical (unpaired) electrons. The maximum absolute atomic E-state index is 14.3. The van der Waals surface area contributed by atoms with Gasteiger partial charge in [0.05, 0.1) is 83.5 Å². The smallest absolute Gasteiger partial charge is 0.419 e. The number of sulfonamides is 2. The monoisotopic (exact) mass is 1270 g/mol. The van der Waals surface area contributed by atoms with Crippen LogP contribution in [0.2, 0.25) is 0 Å². The molecule has 2 aromatic heterocycles. The van der Waals surface area contributed by atoms with Crippen molar-refractivity contribution < 1.29 is 116 Å². The zero-order valence-electron chi connectivity index (χ0n) is 44.2. The molecule has 0 unspecified atom stereocenters. The number of alkyl halides is 12. The molecule has 4 fully saturated rings. The van der Waals surface area contributed by atoms with E-state index in [2.05, 4.69) is 19.4 Å². The number of amides is 2. The molecule has 2 amide bonds. The largest absolute Gasteiger partial charge is 0.495 e. The number of carbonyl (C=O) groups excluding carboxylic acids is 2. The number of ether oxygens (including phenoxy) is 4. The van der Waals surface area contributed by atoms with Gasteiger partial charge >= 0.3 is 24.7 Å². The molecular weight excluding hydrogens is 1230 g/mol. The summed E-state index contributed by atoms with van der Waals surface area (Å²) in [5.74, 6) is -6.28. The van der Waals surface area contributed by atoms with Gasteiger partial charge in [0, 0.05) is 38.3 Å². The van der Waals surface area contributed by atoms with Crippen molar-refractivity contribution in [3.8, 4) is 33.8 Å². The first-order valence-electron chi connectivity index (χ1n) is 25.1. The molecule has 6 heterocycles. The second-order valence-electron chi connectivity index (χ2n) is 19.7. The number of benzene rings is 4. The Hall–Kier alpha value is -7.40. The SMILES string of the molecule is COc1cc(-c2ccc(F)c(C(F)(F)F)c2)c(C(F)(F)F)cc1N1C(=O)CO[C@@H]2CN(S(=O)(=O)Cc3ccon3)CC[C@H]21.COc1cc(-c2ccc(F)c(C(F)(F)F)c2)c(C(F)(F)F)cc1N1C(=O)CO[C@H]2CN(S(=O)(=O)Cc3ccon3)CC[C@@H]21. The second kappa shape index (κ2) is 23.7. The number of aromatic nitrogens is 2. The number of morpholine rings is 2. The Morgan fingerprint density at radius 3 is 1.20 bits per heavy atom. The minimum absolute atomic E-state index is 0.0202. The van der Waals surface area contributed by atoms with E-state index in [1.54, 1.807) is 0 Å². The van der Waals surface area contributed by atoms with Crippen LogP contribution in [0.3, 0.4) is 0 Å². The fraction of sp³-hybridized carbons (Fsp3) is 0.385. The molecule has 86 heavy (non-hydrogen) atoms. The fourth-order valence-electron chi connectivity index (χ4n) is 10.5. The molecule has 4 aromatic carbocycles. The highest BCUT2D eigenvalue weighted by Crippen LogP contribution is 2.49. The van der Waals surface area contributed by atoms with Gasteiger partial charge in [0.2, 0.25) is 20.0 Å². The Bertz CT molecular complexity index is 3500. The quantitative estimate of drug-likeness (QED) is 0.105. The summed E-state index contributed by atoms with van der Waals surface area (Å²) >= 11 is 0. The van der Waals surface area contributed by atoms with Crippen molar-refractivity contribution in [3.05, 3.63) is 131 Å². The maximum Gasteiger partial charge on any atom is 0.419 e. The average Bonchev–Trinajstić information content (AvgIpc) is 1.96. The molecule has 0 bridgehead atoms. The first-order valence-corrected chi connectivity index (χ1v) is 28.4. The van der Waals surface area contributed by atoms with Crippen LogP contribution in [0, 0.1) is 11.6 Å². The van der Waals surface area contributed by atoms with Crippen molar-refractivity contribution in [1.29, 1.82) is 0 Å². The highest BCUT2D eigenvalue weighted by atomic mass is 32.2. The van der Waals surface area contributed by atoms with Crippen LogP contribution >= 0.6 is 0 Å². The lowest BCUT2D eigenvalue weighted by atomic mass is 9.94. The van der Waals surface area contributed by atoms with Gasteiger partial charge in [-0.1, -0.05) is 22.4 Å². The maximum atomic E-state index is 14.3. The third kappa shape index (κ3) is 13.1. The molecule has 4 atom stereocenters. The number of fused-ring (bicyclic) bond motifs is 2. The lowest BCUT2D eigenvalue weighted by Crippen LogP contribution is -2.62. The normalized spacial score (nSPS) is 20.3. The Morgan fingerprint density at radius 2 is 0.884 bits per heavy atom. The number of rotatable bonds is 12. The number of piperidine rings is 2. The van der Waals surface area contributed by atoms with Crippen molar-refractivity contribution in [2.75, 3.05) is 63.4 Å². The van der Waals surface area contributed by atoms with E-state index >= 15 is 0 Å². The zero-order chi connectivity index (χ0) is 62.6. The van der Waals surface area contributed by atoms with E-state index in [0.29, 0.717) is 24.3 Å². The summed E-state index contributed by atoms with van der Waals surface area (Å²) in [6.45, 7) is -1.80. The van der Waals surface area contributed by atoms with Gasteiger partial charge in [-0.05, 0) is 83.6 Å². The number of hydrogen-bond donors (Lipinski definition) is 0. The first-order chi connectivity index (χ1) is 40.2. The van der Waals surface area contributed by atoms with Crippen molar-refractivity contribution in [3.63, 3.8) is 0 Å². The molecule has 0 saturated carbocycles. The zero-order valence-corrected chi connectivity index (χ0v) is 45.8. The van der Waals surface area contributed by atoms with Gasteiger partial charge in [-0.25, -0.2) is 25.6 Å². The summed E-state index contributed by atoms with van der Waals surface area (Å²) in [6.07, 6.45) is -20.0. The van der Waals surface area contributed by atoms with Crippen LogP contribution in [0.1, 0.15) is 46.5 Å². The minimum Gasteiger partial charge on any atom is -0.495 e. The van der Waals surface area contributed by atoms with Crippen LogP contribution in [0.15, 0.2) is 94.4 Å². The first kappa shape index (κ1) is 63.1. The third-order valence-electron chi connectivity index (χ3n) is 14.4. The Kier molecular flexibility index (Phi) is 17.4. The Morgan fingerprint density at radius 1 is 0.523 bits per heavy atom. The number of methoxy groups -OCH3 is 2. The predicted octanol–water partition coefficient (Wildman–Crippen LogP) is 9.73. The minimum atomic E-state index is -5.17. The van der Waals surface area contributed by atoms with Gasteiger partial charge in [0.1, 0.15) is 60.4 Å². The number of hydrogen-bond acceptors (Lipinski definition) is 14. The van der Waals surface area contributed by atoms with E-state index in [9.17, 15) is 87.9 Å². The second-order valence-corrected chi connectivity index (χ2v) is 23.6. The van der Waals surface area contributed by atoms with E-state index in [1.807, 2.05) is 0 Å². The molecule has 0 aliphatic carbocycles. The van der Waals surface area contributed by atoms with Crippen LogP contribution in [0.5, 0.6) is 11.5 Å². The number of nitrogens with zero attached hydrogens (tertiary/aromatic N) is 6. The third-order valence-corrected chi connectivity index (χ3v) is 17.9. The molecule has 34 heteroatoms. The molecule has 10 rings (SSSR count). The molecule has 6 aromatic rings. The topological polar surface area (TPSA) is 204 Å². The van der Waals surface area contributed by atoms with Gasteiger partial charge in [0.25, 0.3) is 11.8 Å². The van der Waals surface area contributed by atoms with Gasteiger partial charge in [-0.2, -0.15) is 61.3 Å². The van der Waals surface area contributed by atoms with E-state index < -0.39 is 162 Å². The van der Waals surface area contributed by atoms with Gasteiger partial charge in [-0.15, -0.1) is 0 Å². The molecular formula is C52H44F14N6O12S2. The van der Waals surface area contributed by atoms with Gasteiger partial charge in [0.15, 0.2) is 0 Å². The summed E-state index contributed by atoms with van der Waals surface area (Å²) in [5.41, 5.74) is -9.26. The number of carbonyl (C=O) groups is 2. The number of anilines is 2. The molecule has 4 aliphatic rings. The van der Waals surface area contributed by atoms with E-state index in [4.69, 9.17) is 18.9 Å². The molecule has 464 valence electrons. The van der Waals surface area contributed by atoms with Crippen LogP contribution in [0.25, 0.3) is 22.3 Å². The molecule has 18 nitrogen and oxygen atoms in total. The molecule has 4 aliphatic heterocycles. The fourth-order valence-corrected chi connectivity index (χ4v) is 13.4. The lowest BCUT2D eigenvalue weighted by Gasteiger charge is -2.46. The summed E-state index contributed by atoms with van der Waals surface area (Å²) in [7, 11) is -5.59. The Balaban J connectivity index is 0.000000205. The summed E-state index contributed by atoms with van der Waals surface area (Å²) in [4.78, 5) is 28.2. The average molecular weight is 1280 g/mol. The van der Waals surface area contributed by atoms with Crippen LogP contribution < -0.4 is 19.3 Å². The van der Waals surface area contributed by atoms with Crippen molar-refractivity contribution in [2.24, 2.45) is 0 Å². The van der Waals surface area contributed by atoms with Crippen LogP contribution in [-0.2, 0) is 75.3 Å². The summed E-state index contributed by atoms with van der Waals surface area (Å²) in [5, 5.41) is 7.18. The van der Waals surface area contributed by atoms with Crippen LogP contribution in [0.4, 0.5) is 72.8 Å². The Labute approximate surface area is 477 Å². The molecule has 0 N–H and O–H groups in total. The highest BCUT2D eigenvalue weighted by Gasteiger charge is 2.49. The van der Waals surface area contributed by atoms with Gasteiger partial charge in [-0.3, -0.25) is 9.59 Å². The van der Waals surface area contributed by atoms with Gasteiger partial charge < -0.3 is 37.8 Å². The van der Waals surface area contributed by atoms with Crippen molar-refractivity contribution in [1.82, 2.24) is 18.9 Å². The van der Waals surface area contributed by atoms with Crippen LogP contribution in [-0.4, -0.2) is 125 Å². The summed E-state index contributed by atoms with van der Waals surface area (Å²) in [6, 6.07) is 6.72. The lowest BCUT2D eigenvalue weighted by molar-refractivity contribution is -0.140.